The second-order valence-corrected chi connectivity index (χ2v) is 5.70. The molecule has 0 radical (unpaired) electrons. The lowest BCUT2D eigenvalue weighted by molar-refractivity contribution is 0.0696. The van der Waals surface area contributed by atoms with E-state index in [0.717, 1.165) is 0 Å². The highest BCUT2D eigenvalue weighted by molar-refractivity contribution is 7.89. The Bertz CT molecular complexity index is 510. The van der Waals surface area contributed by atoms with Gasteiger partial charge in [0.05, 0.1) is 10.5 Å². The fourth-order valence-electron chi connectivity index (χ4n) is 1.40. The van der Waals surface area contributed by atoms with Crippen molar-refractivity contribution in [2.75, 3.05) is 13.6 Å². The molecular formula is C11H15NO4S. The number of sulfonamides is 1. The molecule has 0 unspecified atom stereocenters. The summed E-state index contributed by atoms with van der Waals surface area (Å²) in [6.07, 6.45) is 0.703. The van der Waals surface area contributed by atoms with Crippen LogP contribution < -0.4 is 0 Å². The molecule has 0 aliphatic rings. The normalized spacial score (nSPS) is 11.7. The van der Waals surface area contributed by atoms with Gasteiger partial charge in [0.25, 0.3) is 0 Å². The van der Waals surface area contributed by atoms with Crippen molar-refractivity contribution in [2.24, 2.45) is 0 Å². The van der Waals surface area contributed by atoms with Gasteiger partial charge in [0.2, 0.25) is 10.0 Å². The van der Waals surface area contributed by atoms with E-state index in [9.17, 15) is 13.2 Å². The van der Waals surface area contributed by atoms with Crippen LogP contribution in [0.4, 0.5) is 0 Å². The number of carboxylic acids is 1. The SMILES string of the molecule is CCCN(C)S(=O)(=O)c1cccc(C(=O)O)c1. The maximum atomic E-state index is 12.0. The summed E-state index contributed by atoms with van der Waals surface area (Å²) in [4.78, 5) is 10.8. The van der Waals surface area contributed by atoms with Gasteiger partial charge < -0.3 is 5.11 Å². The van der Waals surface area contributed by atoms with Gasteiger partial charge in [0.15, 0.2) is 0 Å². The smallest absolute Gasteiger partial charge is 0.335 e. The Hall–Kier alpha value is -1.40. The van der Waals surface area contributed by atoms with Crippen molar-refractivity contribution in [1.29, 1.82) is 0 Å². The van der Waals surface area contributed by atoms with Crippen molar-refractivity contribution in [3.63, 3.8) is 0 Å². The zero-order valence-electron chi connectivity index (χ0n) is 9.75. The molecule has 0 saturated carbocycles. The highest BCUT2D eigenvalue weighted by Gasteiger charge is 2.20. The van der Waals surface area contributed by atoms with Gasteiger partial charge in [-0.3, -0.25) is 0 Å². The Morgan fingerprint density at radius 1 is 1.41 bits per heavy atom. The first-order valence-corrected chi connectivity index (χ1v) is 6.63. The summed E-state index contributed by atoms with van der Waals surface area (Å²) in [7, 11) is -2.11. The molecule has 1 rings (SSSR count). The van der Waals surface area contributed by atoms with Gasteiger partial charge in [0, 0.05) is 13.6 Å². The molecular weight excluding hydrogens is 242 g/mol. The first-order valence-electron chi connectivity index (χ1n) is 5.19. The molecule has 1 aromatic rings. The van der Waals surface area contributed by atoms with Gasteiger partial charge >= 0.3 is 5.97 Å². The van der Waals surface area contributed by atoms with Gasteiger partial charge in [-0.25, -0.2) is 17.5 Å². The number of aromatic carboxylic acids is 1. The third-order valence-electron chi connectivity index (χ3n) is 2.33. The van der Waals surface area contributed by atoms with Crippen LogP contribution >= 0.6 is 0 Å². The minimum Gasteiger partial charge on any atom is -0.478 e. The maximum Gasteiger partial charge on any atom is 0.335 e. The van der Waals surface area contributed by atoms with Gasteiger partial charge in [-0.2, -0.15) is 0 Å². The first kappa shape index (κ1) is 13.7. The first-order chi connectivity index (χ1) is 7.89. The molecule has 0 atom stereocenters. The Morgan fingerprint density at radius 3 is 2.59 bits per heavy atom. The van der Waals surface area contributed by atoms with Gasteiger partial charge in [0.1, 0.15) is 0 Å². The quantitative estimate of drug-likeness (QED) is 0.865. The number of rotatable bonds is 5. The summed E-state index contributed by atoms with van der Waals surface area (Å²) in [5.74, 6) is -1.14. The van der Waals surface area contributed by atoms with Crippen LogP contribution in [0.25, 0.3) is 0 Å². The summed E-state index contributed by atoms with van der Waals surface area (Å²) in [5.41, 5.74) is -0.0315. The van der Waals surface area contributed by atoms with E-state index in [2.05, 4.69) is 0 Å². The molecule has 0 saturated heterocycles. The molecule has 6 heteroatoms. The summed E-state index contributed by atoms with van der Waals surface area (Å²) in [5, 5.41) is 8.81. The molecule has 5 nitrogen and oxygen atoms in total. The molecule has 0 heterocycles. The Labute approximate surface area is 101 Å². The van der Waals surface area contributed by atoms with Crippen LogP contribution in [-0.2, 0) is 10.0 Å². The van der Waals surface area contributed by atoms with Crippen molar-refractivity contribution in [2.45, 2.75) is 18.2 Å². The molecule has 0 amide bonds. The summed E-state index contributed by atoms with van der Waals surface area (Å²) in [6, 6.07) is 5.36. The van der Waals surface area contributed by atoms with Crippen molar-refractivity contribution in [3.05, 3.63) is 29.8 Å². The number of hydrogen-bond acceptors (Lipinski definition) is 3. The molecule has 0 aliphatic carbocycles. The summed E-state index contributed by atoms with van der Waals surface area (Å²) in [6.45, 7) is 2.28. The molecule has 0 aromatic heterocycles. The molecule has 94 valence electrons. The topological polar surface area (TPSA) is 74.7 Å². The van der Waals surface area contributed by atoms with E-state index in [1.54, 1.807) is 0 Å². The maximum absolute atomic E-state index is 12.0. The minimum atomic E-state index is -3.59. The van der Waals surface area contributed by atoms with E-state index in [1.807, 2.05) is 6.92 Å². The average Bonchev–Trinajstić information content (AvgIpc) is 2.29. The van der Waals surface area contributed by atoms with Crippen molar-refractivity contribution >= 4 is 16.0 Å². The molecule has 0 spiro atoms. The van der Waals surface area contributed by atoms with Crippen LogP contribution in [-0.4, -0.2) is 37.4 Å². The number of carboxylic acid groups (broad SMARTS) is 1. The molecule has 17 heavy (non-hydrogen) atoms. The number of nitrogens with zero attached hydrogens (tertiary/aromatic N) is 1. The second kappa shape index (κ2) is 5.29. The fraction of sp³-hybridized carbons (Fsp3) is 0.364. The molecule has 1 N–H and O–H groups in total. The van der Waals surface area contributed by atoms with E-state index in [-0.39, 0.29) is 10.5 Å². The largest absolute Gasteiger partial charge is 0.478 e. The van der Waals surface area contributed by atoms with Crippen LogP contribution in [0.3, 0.4) is 0 Å². The number of hydrogen-bond donors (Lipinski definition) is 1. The lowest BCUT2D eigenvalue weighted by Gasteiger charge is -2.16. The third-order valence-corrected chi connectivity index (χ3v) is 4.18. The highest BCUT2D eigenvalue weighted by Crippen LogP contribution is 2.16. The van der Waals surface area contributed by atoms with E-state index >= 15 is 0 Å². The zero-order chi connectivity index (χ0) is 13.1. The average molecular weight is 257 g/mol. The van der Waals surface area contributed by atoms with Gasteiger partial charge in [-0.15, -0.1) is 0 Å². The van der Waals surface area contributed by atoms with Crippen molar-refractivity contribution in [3.8, 4) is 0 Å². The van der Waals surface area contributed by atoms with Crippen LogP contribution in [0.5, 0.6) is 0 Å². The van der Waals surface area contributed by atoms with E-state index in [1.165, 1.54) is 35.6 Å². The van der Waals surface area contributed by atoms with Crippen LogP contribution in [0.2, 0.25) is 0 Å². The van der Waals surface area contributed by atoms with E-state index in [0.29, 0.717) is 13.0 Å². The molecule has 0 bridgehead atoms. The monoisotopic (exact) mass is 257 g/mol. The van der Waals surface area contributed by atoms with Gasteiger partial charge in [-0.05, 0) is 24.6 Å². The van der Waals surface area contributed by atoms with E-state index in [4.69, 9.17) is 5.11 Å². The van der Waals surface area contributed by atoms with Gasteiger partial charge in [-0.1, -0.05) is 13.0 Å². The lowest BCUT2D eigenvalue weighted by atomic mass is 10.2. The van der Waals surface area contributed by atoms with Crippen molar-refractivity contribution < 1.29 is 18.3 Å². The zero-order valence-corrected chi connectivity index (χ0v) is 10.6. The van der Waals surface area contributed by atoms with Crippen LogP contribution in [0, 0.1) is 0 Å². The Morgan fingerprint density at radius 2 is 2.06 bits per heavy atom. The Kier molecular flexibility index (Phi) is 4.25. The van der Waals surface area contributed by atoms with Crippen molar-refractivity contribution in [1.82, 2.24) is 4.31 Å². The second-order valence-electron chi connectivity index (χ2n) is 3.66. The molecule has 0 aliphatic heterocycles. The highest BCUT2D eigenvalue weighted by atomic mass is 32.2. The van der Waals surface area contributed by atoms with Crippen LogP contribution in [0.1, 0.15) is 23.7 Å². The lowest BCUT2D eigenvalue weighted by Crippen LogP contribution is -2.27. The predicted octanol–water partition coefficient (Wildman–Crippen LogP) is 1.42. The number of carbonyl (C=O) groups is 1. The predicted molar refractivity (Wildman–Crippen MR) is 63.5 cm³/mol. The summed E-state index contributed by atoms with van der Waals surface area (Å²) < 4.78 is 25.3. The molecule has 1 aromatic carbocycles. The third kappa shape index (κ3) is 3.04. The van der Waals surface area contributed by atoms with Crippen LogP contribution in [0.15, 0.2) is 29.2 Å². The minimum absolute atomic E-state index is 0.00773. The Balaban J connectivity index is 3.15. The molecule has 0 fully saturated rings. The standard InChI is InChI=1S/C11H15NO4S/c1-3-7-12(2)17(15,16)10-6-4-5-9(8-10)11(13)14/h4-6,8H,3,7H2,1-2H3,(H,13,14). The van der Waals surface area contributed by atoms with E-state index < -0.39 is 16.0 Å². The fourth-order valence-corrected chi connectivity index (χ4v) is 2.71. The number of benzene rings is 1. The summed E-state index contributed by atoms with van der Waals surface area (Å²) >= 11 is 0.